The summed E-state index contributed by atoms with van der Waals surface area (Å²) in [7, 11) is 0. The molecule has 35 heavy (non-hydrogen) atoms. The van der Waals surface area contributed by atoms with Crippen LogP contribution in [0.1, 0.15) is 63.0 Å². The fraction of sp³-hybridized carbons (Fsp3) is 0.500. The second-order valence-corrected chi connectivity index (χ2v) is 9.77. The maximum Gasteiger partial charge on any atom is 0.243 e. The highest BCUT2D eigenvalue weighted by Crippen LogP contribution is 2.31. The predicted octanol–water partition coefficient (Wildman–Crippen LogP) is 5.30. The number of halogens is 1. The second kappa shape index (κ2) is 12.3. The lowest BCUT2D eigenvalue weighted by Crippen LogP contribution is -2.51. The molecule has 6 nitrogen and oxygen atoms in total. The number of aryl methyl sites for hydroxylation is 1. The van der Waals surface area contributed by atoms with Crippen LogP contribution in [0.15, 0.2) is 42.5 Å². The molecular formula is C28H35ClN2O4. The Balaban J connectivity index is 1.49. The van der Waals surface area contributed by atoms with E-state index in [2.05, 4.69) is 5.32 Å². The number of hydrogen-bond donors (Lipinski definition) is 1. The summed E-state index contributed by atoms with van der Waals surface area (Å²) in [6.45, 7) is 3.33. The molecule has 1 heterocycles. The van der Waals surface area contributed by atoms with E-state index in [1.807, 2.05) is 49.4 Å². The van der Waals surface area contributed by atoms with Gasteiger partial charge in [0.25, 0.3) is 0 Å². The van der Waals surface area contributed by atoms with Gasteiger partial charge in [0.15, 0.2) is 11.5 Å². The Kier molecular flexibility index (Phi) is 8.91. The second-order valence-electron chi connectivity index (χ2n) is 9.36. The smallest absolute Gasteiger partial charge is 0.243 e. The molecule has 2 aliphatic rings. The molecule has 2 amide bonds. The number of carbonyl (C=O) groups excluding carboxylic acids is 2. The van der Waals surface area contributed by atoms with Gasteiger partial charge in [-0.3, -0.25) is 9.59 Å². The molecule has 1 N–H and O–H groups in total. The normalized spacial score (nSPS) is 16.4. The molecule has 2 aromatic rings. The molecule has 1 fully saturated rings. The molecule has 0 saturated heterocycles. The molecule has 188 valence electrons. The van der Waals surface area contributed by atoms with Gasteiger partial charge in [-0.15, -0.1) is 0 Å². The van der Waals surface area contributed by atoms with Crippen LogP contribution >= 0.6 is 11.6 Å². The Labute approximate surface area is 212 Å². The summed E-state index contributed by atoms with van der Waals surface area (Å²) < 4.78 is 11.3. The van der Waals surface area contributed by atoms with Gasteiger partial charge in [-0.25, -0.2) is 0 Å². The number of hydrogen-bond acceptors (Lipinski definition) is 4. The minimum atomic E-state index is -0.541. The molecule has 1 saturated carbocycles. The molecule has 1 aliphatic carbocycles. The molecule has 1 unspecified atom stereocenters. The molecule has 1 atom stereocenters. The van der Waals surface area contributed by atoms with Gasteiger partial charge in [-0.1, -0.05) is 62.1 Å². The summed E-state index contributed by atoms with van der Waals surface area (Å²) in [5, 5.41) is 3.81. The molecule has 0 spiro atoms. The third-order valence-electron chi connectivity index (χ3n) is 6.87. The maximum absolute atomic E-state index is 13.6. The summed E-state index contributed by atoms with van der Waals surface area (Å²) in [6, 6.07) is 12.9. The standard InChI is InChI=1S/C28H35ClN2O4/c1-2-24(28(33)30-22-9-4-3-5-10-22)31(19-21-8-6-7-11-23(21)29)27(32)15-13-20-12-14-25-26(18-20)35-17-16-34-25/h6-8,11-12,14,18,22,24H,2-5,9-10,13,15-17,19H2,1H3,(H,30,33). The first-order valence-corrected chi connectivity index (χ1v) is 13.1. The van der Waals surface area contributed by atoms with Gasteiger partial charge in [0.1, 0.15) is 19.3 Å². The molecule has 4 rings (SSSR count). The first-order chi connectivity index (χ1) is 17.0. The van der Waals surface area contributed by atoms with Gasteiger partial charge < -0.3 is 19.7 Å². The lowest BCUT2D eigenvalue weighted by atomic mass is 9.95. The van der Waals surface area contributed by atoms with Crippen LogP contribution in [0.4, 0.5) is 0 Å². The van der Waals surface area contributed by atoms with Crippen LogP contribution in [0.3, 0.4) is 0 Å². The van der Waals surface area contributed by atoms with Crippen molar-refractivity contribution in [1.29, 1.82) is 0 Å². The molecule has 0 aromatic heterocycles. The topological polar surface area (TPSA) is 67.9 Å². The van der Waals surface area contributed by atoms with Crippen molar-refractivity contribution < 1.29 is 19.1 Å². The average molecular weight is 499 g/mol. The van der Waals surface area contributed by atoms with E-state index in [4.69, 9.17) is 21.1 Å². The van der Waals surface area contributed by atoms with Crippen LogP contribution in [0.5, 0.6) is 11.5 Å². The fourth-order valence-corrected chi connectivity index (χ4v) is 5.11. The van der Waals surface area contributed by atoms with Crippen molar-refractivity contribution in [2.24, 2.45) is 0 Å². The molecule has 0 bridgehead atoms. The van der Waals surface area contributed by atoms with Crippen LogP contribution in [-0.2, 0) is 22.6 Å². The van der Waals surface area contributed by atoms with E-state index < -0.39 is 6.04 Å². The van der Waals surface area contributed by atoms with Crippen molar-refractivity contribution >= 4 is 23.4 Å². The van der Waals surface area contributed by atoms with Crippen LogP contribution in [-0.4, -0.2) is 42.0 Å². The molecular weight excluding hydrogens is 464 g/mol. The highest BCUT2D eigenvalue weighted by Gasteiger charge is 2.30. The number of amides is 2. The third kappa shape index (κ3) is 6.69. The number of nitrogens with zero attached hydrogens (tertiary/aromatic N) is 1. The lowest BCUT2D eigenvalue weighted by molar-refractivity contribution is -0.141. The Bertz CT molecular complexity index is 1020. The van der Waals surface area contributed by atoms with E-state index in [0.717, 1.165) is 42.6 Å². The Hall–Kier alpha value is -2.73. The summed E-state index contributed by atoms with van der Waals surface area (Å²) in [4.78, 5) is 28.6. The van der Waals surface area contributed by atoms with Crippen LogP contribution in [0.2, 0.25) is 5.02 Å². The summed E-state index contributed by atoms with van der Waals surface area (Å²) in [6.07, 6.45) is 6.89. The minimum Gasteiger partial charge on any atom is -0.486 e. The number of rotatable bonds is 9. The molecule has 7 heteroatoms. The number of benzene rings is 2. The maximum atomic E-state index is 13.6. The highest BCUT2D eigenvalue weighted by molar-refractivity contribution is 6.31. The zero-order chi connectivity index (χ0) is 24.6. The zero-order valence-electron chi connectivity index (χ0n) is 20.4. The van der Waals surface area contributed by atoms with Gasteiger partial charge in [0.2, 0.25) is 11.8 Å². The minimum absolute atomic E-state index is 0.0644. The van der Waals surface area contributed by atoms with Gasteiger partial charge in [0.05, 0.1) is 0 Å². The van der Waals surface area contributed by atoms with E-state index >= 15 is 0 Å². The quantitative estimate of drug-likeness (QED) is 0.509. The number of carbonyl (C=O) groups is 2. The first-order valence-electron chi connectivity index (χ1n) is 12.8. The van der Waals surface area contributed by atoms with E-state index in [1.165, 1.54) is 6.42 Å². The van der Waals surface area contributed by atoms with Crippen LogP contribution in [0.25, 0.3) is 0 Å². The molecule has 1 aliphatic heterocycles. The van der Waals surface area contributed by atoms with Crippen LogP contribution in [0, 0.1) is 0 Å². The SMILES string of the molecule is CCC(C(=O)NC1CCCCC1)N(Cc1ccccc1Cl)C(=O)CCc1ccc2c(c1)OCCO2. The number of nitrogens with one attached hydrogen (secondary N) is 1. The molecule has 2 aromatic carbocycles. The van der Waals surface area contributed by atoms with Gasteiger partial charge in [-0.2, -0.15) is 0 Å². The van der Waals surface area contributed by atoms with Crippen molar-refractivity contribution in [1.82, 2.24) is 10.2 Å². The van der Waals surface area contributed by atoms with Crippen molar-refractivity contribution in [3.05, 3.63) is 58.6 Å². The third-order valence-corrected chi connectivity index (χ3v) is 7.24. The predicted molar refractivity (Wildman–Crippen MR) is 137 cm³/mol. The lowest BCUT2D eigenvalue weighted by Gasteiger charge is -2.33. The van der Waals surface area contributed by atoms with E-state index in [-0.39, 0.29) is 24.3 Å². The largest absolute Gasteiger partial charge is 0.486 e. The Morgan fingerprint density at radius 2 is 1.80 bits per heavy atom. The van der Waals surface area contributed by atoms with Crippen molar-refractivity contribution in [3.8, 4) is 11.5 Å². The van der Waals surface area contributed by atoms with Crippen molar-refractivity contribution in [2.45, 2.75) is 76.9 Å². The summed E-state index contributed by atoms with van der Waals surface area (Å²) >= 11 is 6.43. The average Bonchev–Trinajstić information content (AvgIpc) is 2.88. The number of fused-ring (bicyclic) bond motifs is 1. The Morgan fingerprint density at radius 3 is 2.54 bits per heavy atom. The highest BCUT2D eigenvalue weighted by atomic mass is 35.5. The van der Waals surface area contributed by atoms with E-state index in [9.17, 15) is 9.59 Å². The summed E-state index contributed by atoms with van der Waals surface area (Å²) in [5.74, 6) is 1.31. The van der Waals surface area contributed by atoms with Gasteiger partial charge in [-0.05, 0) is 55.0 Å². The first kappa shape index (κ1) is 25.4. The van der Waals surface area contributed by atoms with Crippen molar-refractivity contribution in [2.75, 3.05) is 13.2 Å². The van der Waals surface area contributed by atoms with E-state index in [1.54, 1.807) is 4.90 Å². The van der Waals surface area contributed by atoms with Gasteiger partial charge in [0, 0.05) is 24.0 Å². The van der Waals surface area contributed by atoms with Crippen LogP contribution < -0.4 is 14.8 Å². The van der Waals surface area contributed by atoms with E-state index in [0.29, 0.717) is 43.4 Å². The van der Waals surface area contributed by atoms with Gasteiger partial charge >= 0.3 is 0 Å². The number of ether oxygens (including phenoxy) is 2. The molecule has 0 radical (unpaired) electrons. The van der Waals surface area contributed by atoms with Crippen molar-refractivity contribution in [3.63, 3.8) is 0 Å². The monoisotopic (exact) mass is 498 g/mol. The Morgan fingerprint density at radius 1 is 1.06 bits per heavy atom. The zero-order valence-corrected chi connectivity index (χ0v) is 21.2. The summed E-state index contributed by atoms with van der Waals surface area (Å²) in [5.41, 5.74) is 1.84. The fourth-order valence-electron chi connectivity index (χ4n) is 4.91.